The van der Waals surface area contributed by atoms with Crippen LogP contribution in [0.15, 0.2) is 48.5 Å². The zero-order valence-electron chi connectivity index (χ0n) is 10.2. The third-order valence-corrected chi connectivity index (χ3v) is 4.07. The predicted octanol–water partition coefficient (Wildman–Crippen LogP) is 4.12. The van der Waals surface area contributed by atoms with E-state index in [1.54, 1.807) is 0 Å². The van der Waals surface area contributed by atoms with E-state index in [4.69, 9.17) is 0 Å². The first kappa shape index (κ1) is 14.5. The Morgan fingerprint density at radius 2 is 1.79 bits per heavy atom. The molecule has 4 heteroatoms. The molecule has 0 aliphatic heterocycles. The van der Waals surface area contributed by atoms with Gasteiger partial charge in [-0.3, -0.25) is 4.79 Å². The molecule has 2 aromatic carbocycles. The van der Waals surface area contributed by atoms with E-state index in [1.807, 2.05) is 36.4 Å². The maximum absolute atomic E-state index is 12.0. The van der Waals surface area contributed by atoms with Crippen LogP contribution in [0.3, 0.4) is 0 Å². The first-order chi connectivity index (χ1) is 9.19. The number of nitrogens with one attached hydrogen (secondary N) is 1. The van der Waals surface area contributed by atoms with E-state index in [2.05, 4.69) is 56.0 Å². The molecule has 0 saturated heterocycles. The Bertz CT molecular complexity index is 569. The number of carbonyl (C=O) groups excluding carboxylic acids is 1. The standard InChI is InChI=1S/C15H13BrINO/c16-9-11-2-1-3-12(8-11)10-18-15(19)13-4-6-14(17)7-5-13/h1-8H,9-10H2,(H,18,19). The largest absolute Gasteiger partial charge is 0.348 e. The summed E-state index contributed by atoms with van der Waals surface area (Å²) in [6, 6.07) is 15.7. The summed E-state index contributed by atoms with van der Waals surface area (Å²) in [7, 11) is 0. The lowest BCUT2D eigenvalue weighted by molar-refractivity contribution is 0.0951. The molecule has 0 aromatic heterocycles. The van der Waals surface area contributed by atoms with Gasteiger partial charge in [0, 0.05) is 21.0 Å². The van der Waals surface area contributed by atoms with E-state index in [1.165, 1.54) is 5.56 Å². The summed E-state index contributed by atoms with van der Waals surface area (Å²) in [6.45, 7) is 0.547. The van der Waals surface area contributed by atoms with Crippen molar-refractivity contribution in [1.29, 1.82) is 0 Å². The summed E-state index contributed by atoms with van der Waals surface area (Å²) in [4.78, 5) is 12.0. The highest BCUT2D eigenvalue weighted by atomic mass is 127. The van der Waals surface area contributed by atoms with Crippen molar-refractivity contribution >= 4 is 44.4 Å². The lowest BCUT2D eigenvalue weighted by Crippen LogP contribution is -2.22. The average molecular weight is 430 g/mol. The minimum Gasteiger partial charge on any atom is -0.348 e. The minimum absolute atomic E-state index is 0.0411. The molecule has 2 nitrogen and oxygen atoms in total. The zero-order valence-corrected chi connectivity index (χ0v) is 13.9. The summed E-state index contributed by atoms with van der Waals surface area (Å²) < 4.78 is 1.12. The first-order valence-corrected chi connectivity index (χ1v) is 8.06. The number of halogens is 2. The summed E-state index contributed by atoms with van der Waals surface area (Å²) >= 11 is 5.65. The molecule has 2 aromatic rings. The van der Waals surface area contributed by atoms with Crippen molar-refractivity contribution in [2.24, 2.45) is 0 Å². The van der Waals surface area contributed by atoms with Crippen LogP contribution in [0.5, 0.6) is 0 Å². The fourth-order valence-electron chi connectivity index (χ4n) is 1.71. The summed E-state index contributed by atoms with van der Waals surface area (Å²) in [5, 5.41) is 3.75. The number of hydrogen-bond donors (Lipinski definition) is 1. The van der Waals surface area contributed by atoms with Crippen LogP contribution < -0.4 is 5.32 Å². The van der Waals surface area contributed by atoms with Crippen LogP contribution in [0.1, 0.15) is 21.5 Å². The Morgan fingerprint density at radius 3 is 2.47 bits per heavy atom. The maximum Gasteiger partial charge on any atom is 0.251 e. The highest BCUT2D eigenvalue weighted by Gasteiger charge is 2.04. The Hall–Kier alpha value is -0.880. The Labute approximate surface area is 134 Å². The molecule has 0 saturated carbocycles. The quantitative estimate of drug-likeness (QED) is 0.575. The average Bonchev–Trinajstić information content (AvgIpc) is 2.46. The van der Waals surface area contributed by atoms with Gasteiger partial charge in [-0.05, 0) is 58.0 Å². The molecule has 1 N–H and O–H groups in total. The van der Waals surface area contributed by atoms with Gasteiger partial charge in [-0.2, -0.15) is 0 Å². The topological polar surface area (TPSA) is 29.1 Å². The van der Waals surface area contributed by atoms with E-state index in [0.29, 0.717) is 12.1 Å². The van der Waals surface area contributed by atoms with E-state index in [0.717, 1.165) is 14.5 Å². The number of hydrogen-bond acceptors (Lipinski definition) is 1. The van der Waals surface area contributed by atoms with Crippen LogP contribution >= 0.6 is 38.5 Å². The van der Waals surface area contributed by atoms with Crippen LogP contribution in [0, 0.1) is 3.57 Å². The van der Waals surface area contributed by atoms with Gasteiger partial charge in [0.1, 0.15) is 0 Å². The number of rotatable bonds is 4. The van der Waals surface area contributed by atoms with E-state index < -0.39 is 0 Å². The number of alkyl halides is 1. The Balaban J connectivity index is 1.98. The summed E-state index contributed by atoms with van der Waals surface area (Å²) in [5.41, 5.74) is 3.01. The van der Waals surface area contributed by atoms with Gasteiger partial charge in [0.2, 0.25) is 0 Å². The molecule has 0 fully saturated rings. The van der Waals surface area contributed by atoms with Gasteiger partial charge in [-0.15, -0.1) is 0 Å². The monoisotopic (exact) mass is 429 g/mol. The predicted molar refractivity (Wildman–Crippen MR) is 89.4 cm³/mol. The highest BCUT2D eigenvalue weighted by molar-refractivity contribution is 14.1. The van der Waals surface area contributed by atoms with Crippen molar-refractivity contribution < 1.29 is 4.79 Å². The van der Waals surface area contributed by atoms with E-state index >= 15 is 0 Å². The first-order valence-electron chi connectivity index (χ1n) is 5.86. The summed E-state index contributed by atoms with van der Waals surface area (Å²) in [6.07, 6.45) is 0. The van der Waals surface area contributed by atoms with Gasteiger partial charge in [0.15, 0.2) is 0 Å². The number of amides is 1. The van der Waals surface area contributed by atoms with Crippen LogP contribution in [-0.4, -0.2) is 5.91 Å². The molecular formula is C15H13BrINO. The fourth-order valence-corrected chi connectivity index (χ4v) is 2.42. The molecule has 0 unspecified atom stereocenters. The zero-order chi connectivity index (χ0) is 13.7. The van der Waals surface area contributed by atoms with Crippen LogP contribution in [-0.2, 0) is 11.9 Å². The third-order valence-electron chi connectivity index (χ3n) is 2.71. The van der Waals surface area contributed by atoms with Gasteiger partial charge in [-0.25, -0.2) is 0 Å². The molecule has 19 heavy (non-hydrogen) atoms. The van der Waals surface area contributed by atoms with Gasteiger partial charge in [0.25, 0.3) is 5.91 Å². The number of carbonyl (C=O) groups is 1. The molecule has 0 radical (unpaired) electrons. The third kappa shape index (κ3) is 4.31. The van der Waals surface area contributed by atoms with Crippen molar-refractivity contribution in [3.8, 4) is 0 Å². The Morgan fingerprint density at radius 1 is 1.11 bits per heavy atom. The SMILES string of the molecule is O=C(NCc1cccc(CBr)c1)c1ccc(I)cc1. The Kier molecular flexibility index (Phi) is 5.39. The molecular weight excluding hydrogens is 417 g/mol. The molecule has 0 atom stereocenters. The normalized spacial score (nSPS) is 10.2. The molecule has 0 aliphatic rings. The molecule has 2 rings (SSSR count). The lowest BCUT2D eigenvalue weighted by Gasteiger charge is -2.06. The second-order valence-electron chi connectivity index (χ2n) is 4.14. The number of benzene rings is 2. The van der Waals surface area contributed by atoms with E-state index in [9.17, 15) is 4.79 Å². The van der Waals surface area contributed by atoms with Gasteiger partial charge in [0.05, 0.1) is 0 Å². The van der Waals surface area contributed by atoms with Gasteiger partial charge >= 0.3 is 0 Å². The highest BCUT2D eigenvalue weighted by Crippen LogP contribution is 2.10. The summed E-state index contributed by atoms with van der Waals surface area (Å²) in [5.74, 6) is -0.0411. The van der Waals surface area contributed by atoms with Crippen molar-refractivity contribution in [1.82, 2.24) is 5.32 Å². The van der Waals surface area contributed by atoms with Crippen LogP contribution in [0.25, 0.3) is 0 Å². The second kappa shape index (κ2) is 7.05. The molecule has 0 aliphatic carbocycles. The van der Waals surface area contributed by atoms with Crippen molar-refractivity contribution in [3.63, 3.8) is 0 Å². The van der Waals surface area contributed by atoms with Crippen molar-refractivity contribution in [2.75, 3.05) is 0 Å². The molecule has 0 spiro atoms. The fraction of sp³-hybridized carbons (Fsp3) is 0.133. The molecule has 1 amide bonds. The van der Waals surface area contributed by atoms with Gasteiger partial charge < -0.3 is 5.32 Å². The smallest absolute Gasteiger partial charge is 0.251 e. The second-order valence-corrected chi connectivity index (χ2v) is 5.95. The van der Waals surface area contributed by atoms with Crippen molar-refractivity contribution in [3.05, 3.63) is 68.8 Å². The molecule has 0 bridgehead atoms. The minimum atomic E-state index is -0.0411. The maximum atomic E-state index is 12.0. The van der Waals surface area contributed by atoms with E-state index in [-0.39, 0.29) is 5.91 Å². The van der Waals surface area contributed by atoms with Crippen LogP contribution in [0.4, 0.5) is 0 Å². The lowest BCUT2D eigenvalue weighted by atomic mass is 10.1. The van der Waals surface area contributed by atoms with Gasteiger partial charge in [-0.1, -0.05) is 40.2 Å². The van der Waals surface area contributed by atoms with Crippen LogP contribution in [0.2, 0.25) is 0 Å². The molecule has 0 heterocycles. The van der Waals surface area contributed by atoms with Crippen molar-refractivity contribution in [2.45, 2.75) is 11.9 Å². The molecule has 98 valence electrons.